The Morgan fingerprint density at radius 2 is 1.86 bits per heavy atom. The molecule has 2 aliphatic heterocycles. The minimum absolute atomic E-state index is 0.0213. The Hall–Kier alpha value is -3.52. The molecule has 0 spiro atoms. The highest BCUT2D eigenvalue weighted by Crippen LogP contribution is 2.43. The fourth-order valence-corrected chi connectivity index (χ4v) is 6.57. The third-order valence-electron chi connectivity index (χ3n) is 6.75. The van der Waals surface area contributed by atoms with Gasteiger partial charge in [-0.05, 0) is 31.2 Å². The Labute approximate surface area is 212 Å². The lowest BCUT2D eigenvalue weighted by Crippen LogP contribution is -2.56. The summed E-state index contributed by atoms with van der Waals surface area (Å²) in [4.78, 5) is 9.59. The molecule has 9 nitrogen and oxygen atoms in total. The SMILES string of the molecule is CC1CNCCN1N(c1ccccc1)c1ncc2c(n1)N(S(=O)(=O)c1ccccc1C#N)CC2(C)C. The first kappa shape index (κ1) is 24.2. The first-order chi connectivity index (χ1) is 17.2. The van der Waals surface area contributed by atoms with Crippen molar-refractivity contribution in [2.24, 2.45) is 0 Å². The number of aromatic nitrogens is 2. The van der Waals surface area contributed by atoms with Gasteiger partial charge in [-0.15, -0.1) is 0 Å². The van der Waals surface area contributed by atoms with Crippen LogP contribution in [-0.2, 0) is 15.4 Å². The second-order valence-corrected chi connectivity index (χ2v) is 11.6. The molecule has 1 N–H and O–H groups in total. The number of anilines is 3. The van der Waals surface area contributed by atoms with Crippen LogP contribution in [-0.4, -0.2) is 55.6 Å². The molecule has 1 unspecified atom stereocenters. The largest absolute Gasteiger partial charge is 0.314 e. The smallest absolute Gasteiger partial charge is 0.266 e. The summed E-state index contributed by atoms with van der Waals surface area (Å²) in [7, 11) is -4.03. The van der Waals surface area contributed by atoms with Crippen LogP contribution in [0.3, 0.4) is 0 Å². The van der Waals surface area contributed by atoms with Crippen molar-refractivity contribution < 1.29 is 8.42 Å². The van der Waals surface area contributed by atoms with Crippen LogP contribution in [0, 0.1) is 11.3 Å². The highest BCUT2D eigenvalue weighted by Gasteiger charge is 2.44. The molecule has 5 rings (SSSR count). The zero-order chi connectivity index (χ0) is 25.5. The Kier molecular flexibility index (Phi) is 6.16. The van der Waals surface area contributed by atoms with Crippen molar-refractivity contribution in [1.82, 2.24) is 20.3 Å². The van der Waals surface area contributed by atoms with Crippen molar-refractivity contribution in [2.45, 2.75) is 37.1 Å². The standard InChI is InChI=1S/C26H29N7O2S/c1-19-16-28-13-14-31(19)33(21-10-5-4-6-11-21)25-29-17-22-24(30-25)32(18-26(22,2)3)36(34,35)23-12-8-7-9-20(23)15-27/h4-12,17,19,28H,13-14,16,18H2,1-3H3. The van der Waals surface area contributed by atoms with E-state index in [1.165, 1.54) is 16.4 Å². The van der Waals surface area contributed by atoms with Gasteiger partial charge in [0.2, 0.25) is 5.95 Å². The van der Waals surface area contributed by atoms with Gasteiger partial charge in [0.25, 0.3) is 10.0 Å². The summed E-state index contributed by atoms with van der Waals surface area (Å²) in [5.74, 6) is 0.752. The molecular weight excluding hydrogens is 474 g/mol. The zero-order valence-corrected chi connectivity index (χ0v) is 21.4. The number of fused-ring (bicyclic) bond motifs is 1. The molecule has 0 bridgehead atoms. The summed E-state index contributed by atoms with van der Waals surface area (Å²) >= 11 is 0. The van der Waals surface area contributed by atoms with E-state index in [4.69, 9.17) is 9.97 Å². The first-order valence-electron chi connectivity index (χ1n) is 12.0. The number of piperazine rings is 1. The van der Waals surface area contributed by atoms with E-state index < -0.39 is 15.4 Å². The predicted octanol–water partition coefficient (Wildman–Crippen LogP) is 3.18. The van der Waals surface area contributed by atoms with Gasteiger partial charge in [-0.25, -0.2) is 27.7 Å². The molecule has 1 aromatic heterocycles. The molecule has 0 amide bonds. The zero-order valence-electron chi connectivity index (χ0n) is 20.6. The van der Waals surface area contributed by atoms with Crippen LogP contribution in [0.25, 0.3) is 0 Å². The van der Waals surface area contributed by atoms with Gasteiger partial charge in [-0.1, -0.05) is 44.2 Å². The lowest BCUT2D eigenvalue weighted by molar-refractivity contribution is 0.173. The number of sulfonamides is 1. The molecule has 186 valence electrons. The molecule has 10 heteroatoms. The molecular formula is C26H29N7O2S. The summed E-state index contributed by atoms with van der Waals surface area (Å²) in [5, 5.41) is 17.1. The van der Waals surface area contributed by atoms with E-state index in [1.54, 1.807) is 18.3 Å². The number of para-hydroxylation sites is 1. The maximum absolute atomic E-state index is 13.9. The van der Waals surface area contributed by atoms with Crippen LogP contribution in [0.2, 0.25) is 0 Å². The number of nitrogens with one attached hydrogen (secondary N) is 1. The molecule has 36 heavy (non-hydrogen) atoms. The summed E-state index contributed by atoms with van der Waals surface area (Å²) in [6, 6.07) is 18.3. The van der Waals surface area contributed by atoms with Gasteiger partial charge in [0.15, 0.2) is 5.82 Å². The number of rotatable bonds is 5. The topological polar surface area (TPSA) is 105 Å². The Balaban J connectivity index is 1.65. The Morgan fingerprint density at radius 1 is 1.14 bits per heavy atom. The fourth-order valence-electron chi connectivity index (χ4n) is 4.83. The van der Waals surface area contributed by atoms with Crippen LogP contribution < -0.4 is 14.6 Å². The average molecular weight is 504 g/mol. The number of nitrogens with zero attached hydrogens (tertiary/aromatic N) is 6. The van der Waals surface area contributed by atoms with Gasteiger partial charge < -0.3 is 5.32 Å². The number of hydrogen-bond donors (Lipinski definition) is 1. The third kappa shape index (κ3) is 4.09. The lowest BCUT2D eigenvalue weighted by atomic mass is 9.89. The number of hydrogen-bond acceptors (Lipinski definition) is 8. The van der Waals surface area contributed by atoms with Crippen molar-refractivity contribution in [3.63, 3.8) is 0 Å². The van der Waals surface area contributed by atoms with Crippen LogP contribution in [0.15, 0.2) is 65.7 Å². The highest BCUT2D eigenvalue weighted by atomic mass is 32.2. The maximum atomic E-state index is 13.9. The van der Waals surface area contributed by atoms with E-state index in [1.807, 2.05) is 55.3 Å². The van der Waals surface area contributed by atoms with E-state index in [0.29, 0.717) is 11.8 Å². The minimum Gasteiger partial charge on any atom is -0.314 e. The highest BCUT2D eigenvalue weighted by molar-refractivity contribution is 7.93. The summed E-state index contributed by atoms with van der Waals surface area (Å²) < 4.78 is 29.0. The van der Waals surface area contributed by atoms with Crippen molar-refractivity contribution in [3.8, 4) is 6.07 Å². The molecule has 2 aliphatic rings. The number of nitriles is 1. The number of benzene rings is 2. The van der Waals surface area contributed by atoms with E-state index >= 15 is 0 Å². The molecule has 0 radical (unpaired) electrons. The van der Waals surface area contributed by atoms with E-state index in [0.717, 1.165) is 30.9 Å². The van der Waals surface area contributed by atoms with E-state index in [2.05, 4.69) is 17.2 Å². The first-order valence-corrected chi connectivity index (χ1v) is 13.4. The van der Waals surface area contributed by atoms with Crippen molar-refractivity contribution in [3.05, 3.63) is 71.9 Å². The average Bonchev–Trinajstić information content (AvgIpc) is 3.17. The molecule has 1 saturated heterocycles. The van der Waals surface area contributed by atoms with Crippen molar-refractivity contribution in [1.29, 1.82) is 5.26 Å². The molecule has 0 saturated carbocycles. The summed E-state index contributed by atoms with van der Waals surface area (Å²) in [6.45, 7) is 8.68. The second kappa shape index (κ2) is 9.17. The van der Waals surface area contributed by atoms with Crippen LogP contribution >= 0.6 is 0 Å². The molecule has 1 atom stereocenters. The minimum atomic E-state index is -4.03. The van der Waals surface area contributed by atoms with Gasteiger partial charge in [0, 0.05) is 49.4 Å². The molecule has 3 aromatic rings. The van der Waals surface area contributed by atoms with Crippen LogP contribution in [0.5, 0.6) is 0 Å². The summed E-state index contributed by atoms with van der Waals surface area (Å²) in [6.07, 6.45) is 1.74. The number of hydrazine groups is 1. The monoisotopic (exact) mass is 503 g/mol. The van der Waals surface area contributed by atoms with Crippen molar-refractivity contribution >= 4 is 27.5 Å². The van der Waals surface area contributed by atoms with Gasteiger partial charge in [-0.2, -0.15) is 10.2 Å². The fraction of sp³-hybridized carbons (Fsp3) is 0.346. The second-order valence-electron chi connectivity index (χ2n) is 9.77. The van der Waals surface area contributed by atoms with Crippen LogP contribution in [0.4, 0.5) is 17.5 Å². The van der Waals surface area contributed by atoms with Gasteiger partial charge in [0.1, 0.15) is 11.0 Å². The van der Waals surface area contributed by atoms with Gasteiger partial charge >= 0.3 is 0 Å². The quantitative estimate of drug-likeness (QED) is 0.566. The third-order valence-corrected chi connectivity index (χ3v) is 8.54. The lowest BCUT2D eigenvalue weighted by Gasteiger charge is -2.42. The van der Waals surface area contributed by atoms with Gasteiger partial charge in [0.05, 0.1) is 11.3 Å². The predicted molar refractivity (Wildman–Crippen MR) is 138 cm³/mol. The Bertz CT molecular complexity index is 1420. The molecule has 1 fully saturated rings. The van der Waals surface area contributed by atoms with Crippen LogP contribution in [0.1, 0.15) is 31.9 Å². The maximum Gasteiger partial charge on any atom is 0.266 e. The van der Waals surface area contributed by atoms with Gasteiger partial charge in [-0.3, -0.25) is 0 Å². The molecule has 2 aromatic carbocycles. The van der Waals surface area contributed by atoms with Crippen molar-refractivity contribution in [2.75, 3.05) is 35.5 Å². The molecule has 3 heterocycles. The summed E-state index contributed by atoms with van der Waals surface area (Å²) in [5.41, 5.74) is 1.26. The molecule has 0 aliphatic carbocycles. The Morgan fingerprint density at radius 3 is 2.58 bits per heavy atom. The normalized spacial score (nSPS) is 19.5. The van der Waals surface area contributed by atoms with E-state index in [9.17, 15) is 13.7 Å². The van der Waals surface area contributed by atoms with E-state index in [-0.39, 0.29) is 23.0 Å².